The average Bonchev–Trinajstić information content (AvgIpc) is 3.08. The first-order valence-electron chi connectivity index (χ1n) is 7.16. The minimum Gasteiger partial charge on any atom is -0.507 e. The molecule has 1 aromatic carbocycles. The zero-order valence-corrected chi connectivity index (χ0v) is 12.2. The quantitative estimate of drug-likeness (QED) is 0.915. The number of hydrogen-bond acceptors (Lipinski definition) is 4. The number of hydrogen-bond donors (Lipinski definition) is 1. The second kappa shape index (κ2) is 6.12. The summed E-state index contributed by atoms with van der Waals surface area (Å²) in [7, 11) is 0. The molecule has 2 heterocycles. The second-order valence-electron chi connectivity index (χ2n) is 5.23. The molecular formula is C16H15FN2O4. The van der Waals surface area contributed by atoms with E-state index in [1.807, 2.05) is 0 Å². The molecule has 6 nitrogen and oxygen atoms in total. The largest absolute Gasteiger partial charge is 0.507 e. The molecule has 1 aliphatic rings. The number of phenols is 1. The van der Waals surface area contributed by atoms with Gasteiger partial charge in [-0.2, -0.15) is 0 Å². The molecule has 2 amide bonds. The highest BCUT2D eigenvalue weighted by Crippen LogP contribution is 2.22. The van der Waals surface area contributed by atoms with Crippen LogP contribution < -0.4 is 0 Å². The Balaban J connectivity index is 1.67. The highest BCUT2D eigenvalue weighted by atomic mass is 19.1. The maximum absolute atomic E-state index is 13.8. The summed E-state index contributed by atoms with van der Waals surface area (Å²) in [6.07, 6.45) is 2.80. The number of halogens is 1. The van der Waals surface area contributed by atoms with Crippen LogP contribution in [0.1, 0.15) is 20.7 Å². The fourth-order valence-electron chi connectivity index (χ4n) is 2.56. The lowest BCUT2D eigenvalue weighted by Crippen LogP contribution is -2.50. The maximum Gasteiger partial charge on any atom is 0.260 e. The first-order chi connectivity index (χ1) is 11.1. The Bertz CT molecular complexity index is 701. The summed E-state index contributed by atoms with van der Waals surface area (Å²) >= 11 is 0. The van der Waals surface area contributed by atoms with Gasteiger partial charge in [0, 0.05) is 26.2 Å². The zero-order valence-electron chi connectivity index (χ0n) is 12.2. The van der Waals surface area contributed by atoms with Crippen molar-refractivity contribution in [2.45, 2.75) is 0 Å². The van der Waals surface area contributed by atoms with Crippen molar-refractivity contribution >= 4 is 11.8 Å². The van der Waals surface area contributed by atoms with E-state index in [1.165, 1.54) is 29.6 Å². The lowest BCUT2D eigenvalue weighted by molar-refractivity contribution is 0.0530. The second-order valence-corrected chi connectivity index (χ2v) is 5.23. The number of rotatable bonds is 2. The van der Waals surface area contributed by atoms with E-state index in [0.29, 0.717) is 18.7 Å². The van der Waals surface area contributed by atoms with Crippen molar-refractivity contribution in [3.05, 3.63) is 53.7 Å². The molecule has 0 bridgehead atoms. The van der Waals surface area contributed by atoms with E-state index in [1.54, 1.807) is 11.0 Å². The van der Waals surface area contributed by atoms with Gasteiger partial charge in [-0.05, 0) is 18.2 Å². The fraction of sp³-hybridized carbons (Fsp3) is 0.250. The lowest BCUT2D eigenvalue weighted by Gasteiger charge is -2.34. The summed E-state index contributed by atoms with van der Waals surface area (Å²) in [5.41, 5.74) is 0.124. The molecule has 0 atom stereocenters. The fourth-order valence-corrected chi connectivity index (χ4v) is 2.56. The van der Waals surface area contributed by atoms with Gasteiger partial charge in [0.1, 0.15) is 23.4 Å². The number of benzene rings is 1. The van der Waals surface area contributed by atoms with Crippen LogP contribution >= 0.6 is 0 Å². The van der Waals surface area contributed by atoms with E-state index in [0.717, 1.165) is 6.07 Å². The van der Waals surface area contributed by atoms with Gasteiger partial charge in [-0.1, -0.05) is 6.07 Å². The molecule has 0 spiro atoms. The van der Waals surface area contributed by atoms with Crippen molar-refractivity contribution < 1.29 is 23.5 Å². The van der Waals surface area contributed by atoms with Crippen molar-refractivity contribution in [2.75, 3.05) is 26.2 Å². The van der Waals surface area contributed by atoms with Crippen molar-refractivity contribution in [2.24, 2.45) is 0 Å². The molecule has 1 aliphatic heterocycles. The number of aromatic hydroxyl groups is 1. The first kappa shape index (κ1) is 15.1. The van der Waals surface area contributed by atoms with Crippen molar-refractivity contribution in [1.29, 1.82) is 0 Å². The third kappa shape index (κ3) is 2.90. The van der Waals surface area contributed by atoms with Gasteiger partial charge in [0.2, 0.25) is 0 Å². The van der Waals surface area contributed by atoms with Gasteiger partial charge in [-0.15, -0.1) is 0 Å². The molecule has 7 heteroatoms. The predicted octanol–water partition coefficient (Wildman–Crippen LogP) is 1.72. The topological polar surface area (TPSA) is 74.0 Å². The highest BCUT2D eigenvalue weighted by Gasteiger charge is 2.28. The molecule has 0 saturated carbocycles. The van der Waals surface area contributed by atoms with Gasteiger partial charge >= 0.3 is 0 Å². The Hall–Kier alpha value is -2.83. The number of amides is 2. The molecule has 1 saturated heterocycles. The molecule has 23 heavy (non-hydrogen) atoms. The standard InChI is InChI=1S/C16H15FN2O4/c17-12-2-1-3-13(20)14(12)16(22)19-7-5-18(6-8-19)15(21)11-4-9-23-10-11/h1-4,9-10,20H,5-8H2. The van der Waals surface area contributed by atoms with E-state index in [2.05, 4.69) is 0 Å². The van der Waals surface area contributed by atoms with Crippen LogP contribution in [0.5, 0.6) is 5.75 Å². The summed E-state index contributed by atoms with van der Waals surface area (Å²) in [4.78, 5) is 27.6. The summed E-state index contributed by atoms with van der Waals surface area (Å²) in [6, 6.07) is 5.32. The number of carbonyl (C=O) groups excluding carboxylic acids is 2. The van der Waals surface area contributed by atoms with Gasteiger partial charge in [-0.25, -0.2) is 4.39 Å². The molecule has 120 valence electrons. The number of furan rings is 1. The van der Waals surface area contributed by atoms with Crippen LogP contribution in [0.4, 0.5) is 4.39 Å². The molecule has 0 unspecified atom stereocenters. The number of piperazine rings is 1. The Morgan fingerprint density at radius 2 is 1.70 bits per heavy atom. The SMILES string of the molecule is O=C(c1ccoc1)N1CCN(C(=O)c2c(O)cccc2F)CC1. The third-order valence-electron chi connectivity index (χ3n) is 3.83. The summed E-state index contributed by atoms with van der Waals surface area (Å²) in [5.74, 6) is -1.88. The number of phenolic OH excluding ortho intramolecular Hbond substituents is 1. The summed E-state index contributed by atoms with van der Waals surface area (Å²) in [6.45, 7) is 1.22. The molecule has 2 aromatic rings. The van der Waals surface area contributed by atoms with Gasteiger partial charge in [0.05, 0.1) is 11.8 Å². The van der Waals surface area contributed by atoms with Crippen LogP contribution in [0, 0.1) is 5.82 Å². The summed E-state index contributed by atoms with van der Waals surface area (Å²) in [5, 5.41) is 9.70. The molecule has 0 radical (unpaired) electrons. The smallest absolute Gasteiger partial charge is 0.260 e. The number of carbonyl (C=O) groups is 2. The summed E-state index contributed by atoms with van der Waals surface area (Å²) < 4.78 is 18.7. The van der Waals surface area contributed by atoms with Crippen LogP contribution in [0.25, 0.3) is 0 Å². The van der Waals surface area contributed by atoms with Crippen molar-refractivity contribution in [3.63, 3.8) is 0 Å². The first-order valence-corrected chi connectivity index (χ1v) is 7.16. The predicted molar refractivity (Wildman–Crippen MR) is 78.6 cm³/mol. The van der Waals surface area contributed by atoms with Gasteiger partial charge < -0.3 is 19.3 Å². The van der Waals surface area contributed by atoms with Crippen LogP contribution in [-0.2, 0) is 0 Å². The highest BCUT2D eigenvalue weighted by molar-refractivity contribution is 5.97. The van der Waals surface area contributed by atoms with Gasteiger partial charge in [-0.3, -0.25) is 9.59 Å². The number of nitrogens with zero attached hydrogens (tertiary/aromatic N) is 2. The van der Waals surface area contributed by atoms with Gasteiger partial charge in [0.25, 0.3) is 11.8 Å². The van der Waals surface area contributed by atoms with E-state index in [4.69, 9.17) is 4.42 Å². The zero-order chi connectivity index (χ0) is 16.4. The molecular weight excluding hydrogens is 303 g/mol. The third-order valence-corrected chi connectivity index (χ3v) is 3.83. The molecule has 1 fully saturated rings. The normalized spacial score (nSPS) is 14.8. The van der Waals surface area contributed by atoms with E-state index in [9.17, 15) is 19.1 Å². The molecule has 1 N–H and O–H groups in total. The maximum atomic E-state index is 13.8. The average molecular weight is 318 g/mol. The van der Waals surface area contributed by atoms with Gasteiger partial charge in [0.15, 0.2) is 0 Å². The minimum absolute atomic E-state index is 0.167. The van der Waals surface area contributed by atoms with Crippen molar-refractivity contribution in [1.82, 2.24) is 9.80 Å². The monoisotopic (exact) mass is 318 g/mol. The Labute approximate surface area is 131 Å². The Morgan fingerprint density at radius 1 is 1.04 bits per heavy atom. The van der Waals surface area contributed by atoms with Crippen LogP contribution in [0.15, 0.2) is 41.2 Å². The van der Waals surface area contributed by atoms with E-state index >= 15 is 0 Å². The van der Waals surface area contributed by atoms with Crippen LogP contribution in [0.2, 0.25) is 0 Å². The molecule has 3 rings (SSSR count). The minimum atomic E-state index is -0.757. The van der Waals surface area contributed by atoms with Crippen LogP contribution in [0.3, 0.4) is 0 Å². The Kier molecular flexibility index (Phi) is 4.01. The molecule has 1 aromatic heterocycles. The van der Waals surface area contributed by atoms with Crippen molar-refractivity contribution in [3.8, 4) is 5.75 Å². The van der Waals surface area contributed by atoms with Crippen LogP contribution in [-0.4, -0.2) is 52.9 Å². The van der Waals surface area contributed by atoms with E-state index < -0.39 is 11.7 Å². The van der Waals surface area contributed by atoms with E-state index in [-0.39, 0.29) is 30.3 Å². The Morgan fingerprint density at radius 3 is 2.26 bits per heavy atom. The molecule has 0 aliphatic carbocycles. The lowest BCUT2D eigenvalue weighted by atomic mass is 10.1.